The largest absolute Gasteiger partial charge is 0.262 e. The first-order valence-corrected chi connectivity index (χ1v) is 9.79. The van der Waals surface area contributed by atoms with Gasteiger partial charge in [0.15, 0.2) is 0 Å². The van der Waals surface area contributed by atoms with Crippen LogP contribution in [0.1, 0.15) is 30.4 Å². The van der Waals surface area contributed by atoms with Crippen molar-refractivity contribution in [3.8, 4) is 0 Å². The zero-order chi connectivity index (χ0) is 18.8. The molecule has 0 radical (unpaired) electrons. The van der Waals surface area contributed by atoms with E-state index in [0.29, 0.717) is 0 Å². The number of rotatable bonds is 0. The van der Waals surface area contributed by atoms with Gasteiger partial charge in [-0.15, -0.1) is 12.4 Å². The maximum Gasteiger partial charge on any atom is 0.116 e. The highest BCUT2D eigenvalue weighted by Crippen LogP contribution is 2.39. The number of hydrogen-bond acceptors (Lipinski definition) is 3. The van der Waals surface area contributed by atoms with Crippen LogP contribution in [-0.2, 0) is 6.42 Å². The molecule has 0 amide bonds. The summed E-state index contributed by atoms with van der Waals surface area (Å²) in [5.74, 6) is 0. The van der Waals surface area contributed by atoms with Gasteiger partial charge >= 0.3 is 0 Å². The number of allylic oxidation sites excluding steroid dienone is 4. The summed E-state index contributed by atoms with van der Waals surface area (Å²) in [4.78, 5) is 11.8. The van der Waals surface area contributed by atoms with Gasteiger partial charge in [0.05, 0.1) is 11.7 Å². The van der Waals surface area contributed by atoms with Crippen molar-refractivity contribution >= 4 is 39.7 Å². The number of nitrogens with zero attached hydrogens (tertiary/aromatic N) is 3. The monoisotopic (exact) mass is 399 g/mol. The molecular weight excluding hydrogens is 378 g/mol. The molecule has 0 unspecified atom stereocenters. The zero-order valence-electron chi connectivity index (χ0n) is 16.1. The average Bonchev–Trinajstić information content (AvgIpc) is 2.79. The molecule has 0 fully saturated rings. The Labute approximate surface area is 176 Å². The van der Waals surface area contributed by atoms with E-state index in [1.165, 1.54) is 53.9 Å². The lowest BCUT2D eigenvalue weighted by molar-refractivity contribution is 0.831. The summed E-state index contributed by atoms with van der Waals surface area (Å²) in [5, 5.41) is 3.85. The topological polar surface area (TPSA) is 38.7 Å². The normalized spacial score (nSPS) is 14.5. The van der Waals surface area contributed by atoms with Gasteiger partial charge in [0.2, 0.25) is 0 Å². The van der Waals surface area contributed by atoms with E-state index in [1.807, 2.05) is 6.07 Å². The number of pyridine rings is 1. The lowest BCUT2D eigenvalue weighted by atomic mass is 9.80. The van der Waals surface area contributed by atoms with Crippen molar-refractivity contribution < 1.29 is 0 Å². The summed E-state index contributed by atoms with van der Waals surface area (Å²) in [6.07, 6.45) is 16.3. The van der Waals surface area contributed by atoms with E-state index < -0.39 is 0 Å². The van der Waals surface area contributed by atoms with Crippen LogP contribution in [0.15, 0.2) is 85.1 Å². The molecule has 0 saturated heterocycles. The summed E-state index contributed by atoms with van der Waals surface area (Å²) in [6.45, 7) is 0. The number of benzene rings is 2. The first-order chi connectivity index (χ1) is 13.9. The zero-order valence-corrected chi connectivity index (χ0v) is 16.9. The van der Waals surface area contributed by atoms with Gasteiger partial charge in [0.25, 0.3) is 0 Å². The first-order valence-electron chi connectivity index (χ1n) is 9.79. The minimum atomic E-state index is 0. The molecule has 4 aromatic rings. The minimum absolute atomic E-state index is 0. The molecule has 2 aliphatic rings. The van der Waals surface area contributed by atoms with Gasteiger partial charge in [-0.1, -0.05) is 54.1 Å². The van der Waals surface area contributed by atoms with E-state index in [0.717, 1.165) is 10.9 Å². The standard InChI is InChI=1S/C18H16.C7H5N3.ClH/c1-3-7-15-13(5-1)9-11-18-16-8-4-2-6-14(16)10-12-17(15)18;1-2-8-4-7-6(1)3-9-5-10-7;/h1,3-5,7-9,11H,2,6,10,12H2;1-5H;1H. The third kappa shape index (κ3) is 3.79. The highest BCUT2D eigenvalue weighted by Gasteiger charge is 2.20. The number of halogens is 1. The van der Waals surface area contributed by atoms with Crippen molar-refractivity contribution in [2.75, 3.05) is 0 Å². The molecule has 0 N–H and O–H groups in total. The minimum Gasteiger partial charge on any atom is -0.262 e. The Morgan fingerprint density at radius 3 is 2.66 bits per heavy atom. The fourth-order valence-corrected chi connectivity index (χ4v) is 4.21. The van der Waals surface area contributed by atoms with Crippen molar-refractivity contribution in [2.24, 2.45) is 0 Å². The molecular formula is C25H22ClN3. The van der Waals surface area contributed by atoms with Crippen LogP contribution >= 0.6 is 12.4 Å². The molecule has 2 aliphatic carbocycles. The molecule has 0 spiro atoms. The number of aromatic nitrogens is 3. The van der Waals surface area contributed by atoms with Crippen LogP contribution < -0.4 is 0 Å². The van der Waals surface area contributed by atoms with Crippen LogP contribution in [0.3, 0.4) is 0 Å². The third-order valence-electron chi connectivity index (χ3n) is 5.60. The van der Waals surface area contributed by atoms with Crippen LogP contribution in [0.2, 0.25) is 0 Å². The SMILES string of the molecule is C1=CC2=C(CC1)CCc1c2ccc2ccccc12.Cl.c1cc2cncnc2cn1. The van der Waals surface area contributed by atoms with Gasteiger partial charge in [-0.05, 0) is 59.2 Å². The molecule has 3 nitrogen and oxygen atoms in total. The van der Waals surface area contributed by atoms with Crippen LogP contribution in [-0.4, -0.2) is 15.0 Å². The second-order valence-electron chi connectivity index (χ2n) is 7.23. The quantitative estimate of drug-likeness (QED) is 0.346. The average molecular weight is 400 g/mol. The second-order valence-corrected chi connectivity index (χ2v) is 7.23. The van der Waals surface area contributed by atoms with Gasteiger partial charge in [0, 0.05) is 17.8 Å². The fraction of sp³-hybridized carbons (Fsp3) is 0.160. The molecule has 2 heterocycles. The van der Waals surface area contributed by atoms with Crippen molar-refractivity contribution in [1.29, 1.82) is 0 Å². The Morgan fingerprint density at radius 1 is 0.793 bits per heavy atom. The summed E-state index contributed by atoms with van der Waals surface area (Å²) in [7, 11) is 0. The Bertz CT molecular complexity index is 1160. The summed E-state index contributed by atoms with van der Waals surface area (Å²) in [5.41, 5.74) is 7.09. The van der Waals surface area contributed by atoms with Crippen LogP contribution in [0.4, 0.5) is 0 Å². The number of fused-ring (bicyclic) bond motifs is 5. The second kappa shape index (κ2) is 8.54. The summed E-state index contributed by atoms with van der Waals surface area (Å²) >= 11 is 0. The summed E-state index contributed by atoms with van der Waals surface area (Å²) in [6, 6.07) is 15.2. The van der Waals surface area contributed by atoms with Gasteiger partial charge in [-0.3, -0.25) is 4.98 Å². The van der Waals surface area contributed by atoms with E-state index >= 15 is 0 Å². The van der Waals surface area contributed by atoms with E-state index in [1.54, 1.807) is 29.7 Å². The Kier molecular flexibility index (Phi) is 5.68. The lowest BCUT2D eigenvalue weighted by Crippen LogP contribution is -2.06. The van der Waals surface area contributed by atoms with Crippen molar-refractivity contribution in [2.45, 2.75) is 25.7 Å². The molecule has 29 heavy (non-hydrogen) atoms. The predicted octanol–water partition coefficient (Wildman–Crippen LogP) is 6.34. The Hall–Kier alpha value is -3.04. The van der Waals surface area contributed by atoms with E-state index in [2.05, 4.69) is 63.5 Å². The molecule has 144 valence electrons. The molecule has 2 aromatic carbocycles. The Morgan fingerprint density at radius 2 is 1.72 bits per heavy atom. The van der Waals surface area contributed by atoms with Crippen molar-refractivity contribution in [3.05, 3.63) is 96.2 Å². The van der Waals surface area contributed by atoms with E-state index in [-0.39, 0.29) is 12.4 Å². The van der Waals surface area contributed by atoms with E-state index in [4.69, 9.17) is 0 Å². The maximum atomic E-state index is 4.01. The smallest absolute Gasteiger partial charge is 0.116 e. The van der Waals surface area contributed by atoms with Crippen LogP contribution in [0.25, 0.3) is 27.2 Å². The first kappa shape index (κ1) is 19.3. The summed E-state index contributed by atoms with van der Waals surface area (Å²) < 4.78 is 0. The lowest BCUT2D eigenvalue weighted by Gasteiger charge is -2.25. The fourth-order valence-electron chi connectivity index (χ4n) is 4.21. The highest BCUT2D eigenvalue weighted by molar-refractivity contribution is 5.93. The molecule has 0 atom stereocenters. The Balaban J connectivity index is 0.000000159. The van der Waals surface area contributed by atoms with E-state index in [9.17, 15) is 0 Å². The van der Waals surface area contributed by atoms with Crippen LogP contribution in [0, 0.1) is 0 Å². The van der Waals surface area contributed by atoms with Gasteiger partial charge in [-0.2, -0.15) is 0 Å². The number of aryl methyl sites for hydroxylation is 1. The van der Waals surface area contributed by atoms with Crippen molar-refractivity contribution in [1.82, 2.24) is 15.0 Å². The maximum absolute atomic E-state index is 4.01. The third-order valence-corrected chi connectivity index (χ3v) is 5.60. The molecule has 0 bridgehead atoms. The highest BCUT2D eigenvalue weighted by atomic mass is 35.5. The predicted molar refractivity (Wildman–Crippen MR) is 122 cm³/mol. The van der Waals surface area contributed by atoms with Gasteiger partial charge < -0.3 is 0 Å². The van der Waals surface area contributed by atoms with Crippen LogP contribution in [0.5, 0.6) is 0 Å². The molecule has 0 aliphatic heterocycles. The number of hydrogen-bond donors (Lipinski definition) is 0. The molecule has 2 aromatic heterocycles. The molecule has 4 heteroatoms. The van der Waals surface area contributed by atoms with Gasteiger partial charge in [-0.25, -0.2) is 9.97 Å². The van der Waals surface area contributed by atoms with Gasteiger partial charge in [0.1, 0.15) is 6.33 Å². The van der Waals surface area contributed by atoms with Crippen molar-refractivity contribution in [3.63, 3.8) is 0 Å². The molecule has 6 rings (SSSR count). The molecule has 0 saturated carbocycles.